The first-order valence-corrected chi connectivity index (χ1v) is 9.92. The van der Waals surface area contributed by atoms with Gasteiger partial charge >= 0.3 is 0 Å². The second-order valence-electron chi connectivity index (χ2n) is 6.98. The number of nitrogens with one attached hydrogen (secondary N) is 1. The lowest BCUT2D eigenvalue weighted by atomic mass is 10.0. The summed E-state index contributed by atoms with van der Waals surface area (Å²) in [6.45, 7) is 0.590. The number of halogens is 1. The van der Waals surface area contributed by atoms with E-state index < -0.39 is 0 Å². The maximum atomic E-state index is 13.9. The molecular formula is C25H26FNO3. The second-order valence-corrected chi connectivity index (χ2v) is 6.98. The Morgan fingerprint density at radius 1 is 0.967 bits per heavy atom. The molecule has 3 aromatic carbocycles. The Morgan fingerprint density at radius 2 is 1.73 bits per heavy atom. The number of aryl methyl sites for hydroxylation is 1. The minimum atomic E-state index is -0.221. The molecule has 0 aliphatic carbocycles. The highest BCUT2D eigenvalue weighted by molar-refractivity contribution is 5.79. The zero-order valence-electron chi connectivity index (χ0n) is 17.3. The van der Waals surface area contributed by atoms with Gasteiger partial charge in [-0.1, -0.05) is 48.5 Å². The van der Waals surface area contributed by atoms with Crippen molar-refractivity contribution in [2.75, 3.05) is 20.8 Å². The van der Waals surface area contributed by atoms with Gasteiger partial charge in [0.05, 0.1) is 20.6 Å². The van der Waals surface area contributed by atoms with E-state index in [4.69, 9.17) is 9.47 Å². The molecule has 1 N–H and O–H groups in total. The predicted octanol–water partition coefficient (Wildman–Crippen LogP) is 4.80. The molecule has 5 heteroatoms. The van der Waals surface area contributed by atoms with Gasteiger partial charge in [-0.2, -0.15) is 0 Å². The Labute approximate surface area is 176 Å². The Kier molecular flexibility index (Phi) is 7.44. The fourth-order valence-corrected chi connectivity index (χ4v) is 3.30. The zero-order chi connectivity index (χ0) is 21.3. The van der Waals surface area contributed by atoms with E-state index in [-0.39, 0.29) is 18.1 Å². The summed E-state index contributed by atoms with van der Waals surface area (Å²) in [4.78, 5) is 12.2. The third kappa shape index (κ3) is 5.60. The van der Waals surface area contributed by atoms with Crippen LogP contribution in [-0.4, -0.2) is 26.7 Å². The third-order valence-corrected chi connectivity index (χ3v) is 4.95. The number of hydrogen-bond acceptors (Lipinski definition) is 3. The number of benzene rings is 3. The van der Waals surface area contributed by atoms with Gasteiger partial charge in [0, 0.05) is 23.7 Å². The first-order chi connectivity index (χ1) is 14.6. The van der Waals surface area contributed by atoms with Crippen LogP contribution in [0, 0.1) is 5.82 Å². The van der Waals surface area contributed by atoms with Gasteiger partial charge in [-0.25, -0.2) is 4.39 Å². The van der Waals surface area contributed by atoms with Crippen molar-refractivity contribution < 1.29 is 18.7 Å². The molecule has 0 radical (unpaired) electrons. The summed E-state index contributed by atoms with van der Waals surface area (Å²) in [6.07, 6.45) is 1.92. The molecule has 0 unspecified atom stereocenters. The number of rotatable bonds is 9. The number of hydrogen-bond donors (Lipinski definition) is 1. The maximum absolute atomic E-state index is 13.9. The van der Waals surface area contributed by atoms with Crippen LogP contribution in [0.15, 0.2) is 66.7 Å². The van der Waals surface area contributed by atoms with E-state index >= 15 is 0 Å². The van der Waals surface area contributed by atoms with Crippen LogP contribution in [-0.2, 0) is 17.6 Å². The van der Waals surface area contributed by atoms with Gasteiger partial charge < -0.3 is 14.8 Å². The van der Waals surface area contributed by atoms with Crippen molar-refractivity contribution >= 4 is 5.91 Å². The summed E-state index contributed by atoms with van der Waals surface area (Å²) >= 11 is 0. The van der Waals surface area contributed by atoms with Gasteiger partial charge in [-0.15, -0.1) is 0 Å². The molecule has 4 nitrogen and oxygen atoms in total. The maximum Gasteiger partial charge on any atom is 0.224 e. The molecule has 0 saturated heterocycles. The summed E-state index contributed by atoms with van der Waals surface area (Å²) in [5.41, 5.74) is 3.43. The second kappa shape index (κ2) is 10.4. The van der Waals surface area contributed by atoms with Crippen molar-refractivity contribution in [2.24, 2.45) is 0 Å². The van der Waals surface area contributed by atoms with Crippen molar-refractivity contribution in [3.63, 3.8) is 0 Å². The molecule has 0 bridgehead atoms. The van der Waals surface area contributed by atoms with Gasteiger partial charge in [0.25, 0.3) is 0 Å². The number of methoxy groups -OCH3 is 2. The molecule has 0 heterocycles. The van der Waals surface area contributed by atoms with Crippen molar-refractivity contribution in [3.8, 4) is 22.6 Å². The van der Waals surface area contributed by atoms with Gasteiger partial charge in [-0.3, -0.25) is 4.79 Å². The van der Waals surface area contributed by atoms with Crippen LogP contribution in [0.1, 0.15) is 17.5 Å². The highest BCUT2D eigenvalue weighted by atomic mass is 19.1. The number of carbonyl (C=O) groups is 1. The van der Waals surface area contributed by atoms with Crippen LogP contribution in [0.5, 0.6) is 11.5 Å². The first kappa shape index (κ1) is 21.4. The lowest BCUT2D eigenvalue weighted by molar-refractivity contribution is -0.120. The Hall–Kier alpha value is -3.34. The Morgan fingerprint density at radius 3 is 2.43 bits per heavy atom. The van der Waals surface area contributed by atoms with Crippen LogP contribution < -0.4 is 14.8 Å². The van der Waals surface area contributed by atoms with E-state index in [2.05, 4.69) is 5.32 Å². The quantitative estimate of drug-likeness (QED) is 0.518. The molecule has 0 aliphatic heterocycles. The van der Waals surface area contributed by atoms with E-state index in [9.17, 15) is 9.18 Å². The van der Waals surface area contributed by atoms with Crippen molar-refractivity contribution in [3.05, 3.63) is 83.7 Å². The molecule has 0 aromatic heterocycles. The minimum Gasteiger partial charge on any atom is -0.497 e. The summed E-state index contributed by atoms with van der Waals surface area (Å²) in [6, 6.07) is 20.1. The smallest absolute Gasteiger partial charge is 0.224 e. The van der Waals surface area contributed by atoms with Crippen molar-refractivity contribution in [1.29, 1.82) is 0 Å². The SMILES string of the molecule is COc1ccc(CC(=O)NCCCc2ccc(-c3ccccc3F)cc2)c(OC)c1. The third-order valence-electron chi connectivity index (χ3n) is 4.95. The Bertz CT molecular complexity index is 986. The van der Waals surface area contributed by atoms with Crippen LogP contribution in [0.25, 0.3) is 11.1 Å². The summed E-state index contributed by atoms with van der Waals surface area (Å²) in [5.74, 6) is 1.06. The number of ether oxygens (including phenoxy) is 2. The molecule has 3 rings (SSSR count). The molecule has 0 aliphatic rings. The van der Waals surface area contributed by atoms with E-state index in [1.807, 2.05) is 42.5 Å². The number of carbonyl (C=O) groups excluding carboxylic acids is 1. The lowest BCUT2D eigenvalue weighted by Gasteiger charge is -2.11. The van der Waals surface area contributed by atoms with E-state index in [1.165, 1.54) is 6.07 Å². The highest BCUT2D eigenvalue weighted by Gasteiger charge is 2.10. The number of amides is 1. The fraction of sp³-hybridized carbons (Fsp3) is 0.240. The lowest BCUT2D eigenvalue weighted by Crippen LogP contribution is -2.26. The fourth-order valence-electron chi connectivity index (χ4n) is 3.30. The van der Waals surface area contributed by atoms with Crippen LogP contribution in [0.4, 0.5) is 4.39 Å². The summed E-state index contributed by atoms with van der Waals surface area (Å²) < 4.78 is 24.4. The molecule has 156 valence electrons. The van der Waals surface area contributed by atoms with Gasteiger partial charge in [0.1, 0.15) is 17.3 Å². The summed E-state index contributed by atoms with van der Waals surface area (Å²) in [7, 11) is 3.17. The van der Waals surface area contributed by atoms with Crippen LogP contribution in [0.3, 0.4) is 0 Å². The topological polar surface area (TPSA) is 47.6 Å². The highest BCUT2D eigenvalue weighted by Crippen LogP contribution is 2.25. The van der Waals surface area contributed by atoms with Crippen molar-refractivity contribution in [1.82, 2.24) is 5.32 Å². The average molecular weight is 407 g/mol. The van der Waals surface area contributed by atoms with Gasteiger partial charge in [0.15, 0.2) is 0 Å². The molecule has 0 atom stereocenters. The normalized spacial score (nSPS) is 10.5. The van der Waals surface area contributed by atoms with Gasteiger partial charge in [0.2, 0.25) is 5.91 Å². The molecular weight excluding hydrogens is 381 g/mol. The zero-order valence-corrected chi connectivity index (χ0v) is 17.3. The standard InChI is InChI=1S/C25H26FNO3/c1-29-21-14-13-20(24(17-21)30-2)16-25(28)27-15-5-6-18-9-11-19(12-10-18)22-7-3-4-8-23(22)26/h3-4,7-14,17H,5-6,15-16H2,1-2H3,(H,27,28). The van der Waals surface area contributed by atoms with E-state index in [0.717, 1.165) is 29.5 Å². The largest absolute Gasteiger partial charge is 0.497 e. The van der Waals surface area contributed by atoms with Crippen molar-refractivity contribution in [2.45, 2.75) is 19.3 Å². The first-order valence-electron chi connectivity index (χ1n) is 9.92. The molecule has 1 amide bonds. The molecule has 0 fully saturated rings. The van der Waals surface area contributed by atoms with Crippen LogP contribution in [0.2, 0.25) is 0 Å². The monoisotopic (exact) mass is 407 g/mol. The summed E-state index contributed by atoms with van der Waals surface area (Å²) in [5, 5.41) is 2.95. The molecule has 30 heavy (non-hydrogen) atoms. The average Bonchev–Trinajstić information content (AvgIpc) is 2.78. The predicted molar refractivity (Wildman–Crippen MR) is 116 cm³/mol. The molecule has 0 saturated carbocycles. The molecule has 3 aromatic rings. The molecule has 0 spiro atoms. The Balaban J connectivity index is 1.46. The van der Waals surface area contributed by atoms with E-state index in [0.29, 0.717) is 23.6 Å². The van der Waals surface area contributed by atoms with Gasteiger partial charge in [-0.05, 0) is 36.1 Å². The van der Waals surface area contributed by atoms with E-state index in [1.54, 1.807) is 32.4 Å². The van der Waals surface area contributed by atoms with Crippen LogP contribution >= 0.6 is 0 Å². The minimum absolute atomic E-state index is 0.0478.